The van der Waals surface area contributed by atoms with E-state index in [1.165, 1.54) is 14.0 Å². The third-order valence-electron chi connectivity index (χ3n) is 3.00. The molecule has 6 nitrogen and oxygen atoms in total. The molecule has 0 aliphatic rings. The van der Waals surface area contributed by atoms with E-state index in [1.54, 1.807) is 18.2 Å². The molecule has 0 saturated carbocycles. The van der Waals surface area contributed by atoms with E-state index >= 15 is 0 Å². The molecule has 0 saturated heterocycles. The molecule has 0 radical (unpaired) electrons. The molecule has 0 aromatic heterocycles. The second-order valence-corrected chi connectivity index (χ2v) is 5.93. The van der Waals surface area contributed by atoms with Gasteiger partial charge in [0.05, 0.1) is 18.8 Å². The van der Waals surface area contributed by atoms with Crippen molar-refractivity contribution in [1.82, 2.24) is 0 Å². The third kappa shape index (κ3) is 4.75. The molecule has 0 aliphatic heterocycles. The first-order valence-electron chi connectivity index (χ1n) is 6.67. The van der Waals surface area contributed by atoms with Crippen LogP contribution in [0, 0.1) is 5.41 Å². The normalized spacial score (nSPS) is 12.5. The molecule has 0 heterocycles. The molecule has 21 heavy (non-hydrogen) atoms. The first kappa shape index (κ1) is 17.0. The molecule has 116 valence electrons. The highest BCUT2D eigenvalue weighted by molar-refractivity contribution is 5.96. The zero-order chi connectivity index (χ0) is 16.2. The van der Waals surface area contributed by atoms with E-state index in [4.69, 9.17) is 10.5 Å². The molecule has 6 heteroatoms. The maximum absolute atomic E-state index is 12.1. The van der Waals surface area contributed by atoms with Crippen molar-refractivity contribution in [2.24, 2.45) is 11.1 Å². The van der Waals surface area contributed by atoms with Gasteiger partial charge in [-0.1, -0.05) is 20.8 Å². The Morgan fingerprint density at radius 2 is 1.86 bits per heavy atom. The summed E-state index contributed by atoms with van der Waals surface area (Å²) in [6.07, 6.45) is 0. The van der Waals surface area contributed by atoms with Crippen molar-refractivity contribution in [3.8, 4) is 5.75 Å². The van der Waals surface area contributed by atoms with Gasteiger partial charge in [-0.25, -0.2) is 0 Å². The van der Waals surface area contributed by atoms with Crippen LogP contribution in [0.2, 0.25) is 0 Å². The number of amides is 2. The standard InChI is InChI=1S/C15H23N3O3/c1-9(19)17-11-7-6-10(8-12(11)21-5)18-14(20)13(16)15(2,3)4/h6-8,13H,16H2,1-5H3,(H,17,19)(H,18,20)/t13-/m0/s1. The number of anilines is 2. The lowest BCUT2D eigenvalue weighted by molar-refractivity contribution is -0.119. The van der Waals surface area contributed by atoms with Gasteiger partial charge >= 0.3 is 0 Å². The molecule has 2 amide bonds. The van der Waals surface area contributed by atoms with Crippen molar-refractivity contribution < 1.29 is 14.3 Å². The van der Waals surface area contributed by atoms with Crippen LogP contribution in [0.5, 0.6) is 5.75 Å². The summed E-state index contributed by atoms with van der Waals surface area (Å²) in [5.41, 5.74) is 6.68. The SMILES string of the molecule is COc1cc(NC(=O)[C@H](N)C(C)(C)C)ccc1NC(C)=O. The summed E-state index contributed by atoms with van der Waals surface area (Å²) in [5, 5.41) is 5.40. The van der Waals surface area contributed by atoms with Crippen molar-refractivity contribution >= 4 is 23.2 Å². The molecule has 1 rings (SSSR count). The number of carbonyl (C=O) groups is 2. The predicted octanol–water partition coefficient (Wildman–Crippen LogP) is 1.97. The van der Waals surface area contributed by atoms with Gasteiger partial charge < -0.3 is 21.1 Å². The molecular formula is C15H23N3O3. The van der Waals surface area contributed by atoms with Gasteiger partial charge in [0.15, 0.2) is 0 Å². The van der Waals surface area contributed by atoms with Crippen molar-refractivity contribution in [3.63, 3.8) is 0 Å². The number of hydrogen-bond donors (Lipinski definition) is 3. The molecule has 1 atom stereocenters. The highest BCUT2D eigenvalue weighted by atomic mass is 16.5. The summed E-state index contributed by atoms with van der Waals surface area (Å²) < 4.78 is 5.20. The lowest BCUT2D eigenvalue weighted by Gasteiger charge is -2.26. The maximum atomic E-state index is 12.1. The Morgan fingerprint density at radius 3 is 2.33 bits per heavy atom. The highest BCUT2D eigenvalue weighted by Crippen LogP contribution is 2.28. The monoisotopic (exact) mass is 293 g/mol. The Balaban J connectivity index is 2.91. The summed E-state index contributed by atoms with van der Waals surface area (Å²) in [7, 11) is 1.49. The van der Waals surface area contributed by atoms with Gasteiger partial charge in [-0.15, -0.1) is 0 Å². The van der Waals surface area contributed by atoms with Crippen molar-refractivity contribution in [3.05, 3.63) is 18.2 Å². The van der Waals surface area contributed by atoms with Gasteiger partial charge in [-0.05, 0) is 17.5 Å². The number of hydrogen-bond acceptors (Lipinski definition) is 4. The Kier molecular flexibility index (Phi) is 5.32. The second kappa shape index (κ2) is 6.58. The fourth-order valence-corrected chi connectivity index (χ4v) is 1.68. The molecular weight excluding hydrogens is 270 g/mol. The number of carbonyl (C=O) groups excluding carboxylic acids is 2. The van der Waals surface area contributed by atoms with Crippen LogP contribution in [-0.2, 0) is 9.59 Å². The first-order chi connectivity index (χ1) is 9.65. The Bertz CT molecular complexity index is 535. The van der Waals surface area contributed by atoms with Crippen LogP contribution in [0.25, 0.3) is 0 Å². The van der Waals surface area contributed by atoms with Gasteiger partial charge in [0, 0.05) is 18.7 Å². The summed E-state index contributed by atoms with van der Waals surface area (Å²) >= 11 is 0. The highest BCUT2D eigenvalue weighted by Gasteiger charge is 2.27. The van der Waals surface area contributed by atoms with Crippen LogP contribution in [0.4, 0.5) is 11.4 Å². The zero-order valence-electron chi connectivity index (χ0n) is 13.1. The molecule has 0 aliphatic carbocycles. The molecule has 4 N–H and O–H groups in total. The molecule has 0 fully saturated rings. The van der Waals surface area contributed by atoms with Gasteiger partial charge in [0.1, 0.15) is 5.75 Å². The van der Waals surface area contributed by atoms with Gasteiger partial charge in [-0.3, -0.25) is 9.59 Å². The summed E-state index contributed by atoms with van der Waals surface area (Å²) in [6, 6.07) is 4.36. The number of ether oxygens (including phenoxy) is 1. The van der Waals surface area contributed by atoms with Crippen molar-refractivity contribution in [1.29, 1.82) is 0 Å². The molecule has 0 unspecified atom stereocenters. The largest absolute Gasteiger partial charge is 0.494 e. The van der Waals surface area contributed by atoms with Crippen LogP contribution in [0.1, 0.15) is 27.7 Å². The summed E-state index contributed by atoms with van der Waals surface area (Å²) in [5.74, 6) is 0.00370. The maximum Gasteiger partial charge on any atom is 0.241 e. The zero-order valence-corrected chi connectivity index (χ0v) is 13.1. The fraction of sp³-hybridized carbons (Fsp3) is 0.467. The minimum absolute atomic E-state index is 0.195. The lowest BCUT2D eigenvalue weighted by Crippen LogP contribution is -2.45. The van der Waals surface area contributed by atoms with Crippen LogP contribution < -0.4 is 21.1 Å². The van der Waals surface area contributed by atoms with E-state index in [2.05, 4.69) is 10.6 Å². The van der Waals surface area contributed by atoms with E-state index in [0.29, 0.717) is 17.1 Å². The molecule has 0 spiro atoms. The van der Waals surface area contributed by atoms with Crippen molar-refractivity contribution in [2.75, 3.05) is 17.7 Å². The van der Waals surface area contributed by atoms with Crippen molar-refractivity contribution in [2.45, 2.75) is 33.7 Å². The van der Waals surface area contributed by atoms with E-state index in [0.717, 1.165) is 0 Å². The number of methoxy groups -OCH3 is 1. The Labute approximate surface area is 125 Å². The van der Waals surface area contributed by atoms with Crippen LogP contribution in [-0.4, -0.2) is 25.0 Å². The molecule has 0 bridgehead atoms. The summed E-state index contributed by atoms with van der Waals surface area (Å²) in [6.45, 7) is 7.12. The topological polar surface area (TPSA) is 93.4 Å². The van der Waals surface area contributed by atoms with Crippen LogP contribution in [0.15, 0.2) is 18.2 Å². The second-order valence-electron chi connectivity index (χ2n) is 5.93. The van der Waals surface area contributed by atoms with Crippen LogP contribution in [0.3, 0.4) is 0 Å². The third-order valence-corrected chi connectivity index (χ3v) is 3.00. The molecule has 1 aromatic carbocycles. The number of benzene rings is 1. The van der Waals surface area contributed by atoms with E-state index in [-0.39, 0.29) is 17.2 Å². The smallest absolute Gasteiger partial charge is 0.241 e. The quantitative estimate of drug-likeness (QED) is 0.791. The number of rotatable bonds is 4. The average Bonchev–Trinajstić information content (AvgIpc) is 2.37. The van der Waals surface area contributed by atoms with E-state index in [9.17, 15) is 9.59 Å². The average molecular weight is 293 g/mol. The van der Waals surface area contributed by atoms with Gasteiger partial charge in [-0.2, -0.15) is 0 Å². The van der Waals surface area contributed by atoms with Gasteiger partial charge in [0.2, 0.25) is 11.8 Å². The minimum atomic E-state index is -0.626. The number of nitrogens with two attached hydrogens (primary N) is 1. The Morgan fingerprint density at radius 1 is 1.24 bits per heavy atom. The fourth-order valence-electron chi connectivity index (χ4n) is 1.68. The van der Waals surface area contributed by atoms with E-state index in [1.807, 2.05) is 20.8 Å². The summed E-state index contributed by atoms with van der Waals surface area (Å²) in [4.78, 5) is 23.2. The minimum Gasteiger partial charge on any atom is -0.494 e. The lowest BCUT2D eigenvalue weighted by atomic mass is 9.87. The number of nitrogens with one attached hydrogen (secondary N) is 2. The van der Waals surface area contributed by atoms with E-state index < -0.39 is 6.04 Å². The predicted molar refractivity (Wildman–Crippen MR) is 83.4 cm³/mol. The van der Waals surface area contributed by atoms with Gasteiger partial charge in [0.25, 0.3) is 0 Å². The molecule has 1 aromatic rings. The Hall–Kier alpha value is -2.08. The van der Waals surface area contributed by atoms with Crippen LogP contribution >= 0.6 is 0 Å². The first-order valence-corrected chi connectivity index (χ1v) is 6.67.